The van der Waals surface area contributed by atoms with Crippen LogP contribution >= 0.6 is 11.6 Å². The number of nitrogens with zero attached hydrogens (tertiary/aromatic N) is 5. The molecule has 2 aromatic carbocycles. The molecule has 11 heteroatoms. The predicted octanol–water partition coefficient (Wildman–Crippen LogP) is 4.61. The first-order valence-electron chi connectivity index (χ1n) is 13.2. The van der Waals surface area contributed by atoms with Gasteiger partial charge in [0.15, 0.2) is 11.6 Å². The summed E-state index contributed by atoms with van der Waals surface area (Å²) in [6.45, 7) is 1.68. The highest BCUT2D eigenvalue weighted by Gasteiger charge is 2.35. The van der Waals surface area contributed by atoms with Gasteiger partial charge in [0.1, 0.15) is 24.6 Å². The lowest BCUT2D eigenvalue weighted by atomic mass is 9.99. The van der Waals surface area contributed by atoms with Gasteiger partial charge >= 0.3 is 0 Å². The van der Waals surface area contributed by atoms with Crippen molar-refractivity contribution in [1.29, 1.82) is 0 Å². The van der Waals surface area contributed by atoms with Crippen LogP contribution in [-0.2, 0) is 29.0 Å². The highest BCUT2D eigenvalue weighted by molar-refractivity contribution is 6.31. The number of carbonyl (C=O) groups is 3. The van der Waals surface area contributed by atoms with Gasteiger partial charge in [-0.1, -0.05) is 17.7 Å². The number of anilines is 1. The Morgan fingerprint density at radius 2 is 2.00 bits per heavy atom. The molecule has 1 fully saturated rings. The molecule has 0 saturated carbocycles. The van der Waals surface area contributed by atoms with Crippen LogP contribution in [-0.4, -0.2) is 54.8 Å². The number of aryl methyl sites for hydroxylation is 2. The van der Waals surface area contributed by atoms with Crippen LogP contribution in [0.4, 0.5) is 10.1 Å². The quantitative estimate of drug-likeness (QED) is 0.341. The van der Waals surface area contributed by atoms with E-state index in [2.05, 4.69) is 20.4 Å². The van der Waals surface area contributed by atoms with E-state index in [1.165, 1.54) is 22.8 Å². The van der Waals surface area contributed by atoms with Crippen molar-refractivity contribution in [2.75, 3.05) is 11.9 Å². The predicted molar refractivity (Wildman–Crippen MR) is 148 cm³/mol. The van der Waals surface area contributed by atoms with E-state index in [0.29, 0.717) is 49.6 Å². The summed E-state index contributed by atoms with van der Waals surface area (Å²) in [5, 5.41) is 7.70. The van der Waals surface area contributed by atoms with E-state index in [1.54, 1.807) is 18.3 Å². The second-order valence-corrected chi connectivity index (χ2v) is 10.6. The van der Waals surface area contributed by atoms with Crippen LogP contribution in [0.15, 0.2) is 42.9 Å². The molecule has 0 radical (unpaired) electrons. The Labute approximate surface area is 234 Å². The summed E-state index contributed by atoms with van der Waals surface area (Å²) in [6.07, 6.45) is 6.18. The van der Waals surface area contributed by atoms with Crippen molar-refractivity contribution in [3.05, 3.63) is 70.6 Å². The van der Waals surface area contributed by atoms with Crippen molar-refractivity contribution in [2.45, 2.75) is 51.6 Å². The number of hydrogen-bond donors (Lipinski definition) is 1. The van der Waals surface area contributed by atoms with Crippen molar-refractivity contribution in [3.8, 4) is 11.1 Å². The van der Waals surface area contributed by atoms with Gasteiger partial charge in [-0.05, 0) is 67.5 Å². The van der Waals surface area contributed by atoms with Crippen LogP contribution in [0.3, 0.4) is 0 Å². The molecule has 3 aliphatic rings. The standard InChI is InChI=1S/C29H26ClFN6O3/c1-16(38)28-19-12-18-7-8-24(19)37(35-28)14-26(39)36-9-3-6-25(36)29(40)34-23-11-17(10-21(30)27(23)31)4-2-5-22-20(18)13-32-15-33-22/h7-8,10-13,15,25H,2-6,9,14H2,1H3,(H,34,40)/t25-/m0/s1. The van der Waals surface area contributed by atoms with Crippen LogP contribution < -0.4 is 5.32 Å². The number of benzene rings is 2. The molecule has 2 amide bonds. The maximum Gasteiger partial charge on any atom is 0.247 e. The van der Waals surface area contributed by atoms with Crippen LogP contribution in [0, 0.1) is 5.82 Å². The zero-order valence-corrected chi connectivity index (χ0v) is 22.5. The molecule has 9 nitrogen and oxygen atoms in total. The third-order valence-corrected chi connectivity index (χ3v) is 7.85. The molecule has 0 spiro atoms. The molecule has 5 heterocycles. The number of amides is 2. The average Bonchev–Trinajstić information content (AvgIpc) is 3.57. The van der Waals surface area contributed by atoms with Crippen molar-refractivity contribution >= 4 is 45.8 Å². The number of rotatable bonds is 1. The fraction of sp³-hybridized carbons (Fsp3) is 0.310. The van der Waals surface area contributed by atoms with Crippen molar-refractivity contribution in [2.24, 2.45) is 0 Å². The molecule has 1 atom stereocenters. The summed E-state index contributed by atoms with van der Waals surface area (Å²) in [7, 11) is 0. The second kappa shape index (κ2) is 10.4. The fourth-order valence-corrected chi connectivity index (χ4v) is 5.88. The van der Waals surface area contributed by atoms with Crippen LogP contribution in [0.25, 0.3) is 22.0 Å². The van der Waals surface area contributed by atoms with E-state index >= 15 is 0 Å². The number of ketones is 1. The molecule has 1 N–H and O–H groups in total. The summed E-state index contributed by atoms with van der Waals surface area (Å²) in [4.78, 5) is 49.5. The third kappa shape index (κ3) is 4.72. The Balaban J connectivity index is 1.47. The number of Topliss-reactive ketones (excluding diaryl/α,β-unsaturated/α-hetero) is 1. The number of hydrogen-bond acceptors (Lipinski definition) is 6. The molecule has 6 bridgehead atoms. The molecule has 3 aliphatic heterocycles. The monoisotopic (exact) mass is 560 g/mol. The van der Waals surface area contributed by atoms with Crippen molar-refractivity contribution in [1.82, 2.24) is 24.6 Å². The molecule has 1 saturated heterocycles. The normalized spacial score (nSPS) is 17.8. The number of fused-ring (bicyclic) bond motifs is 5. The molecule has 4 aromatic rings. The molecule has 0 aliphatic carbocycles. The number of aromatic nitrogens is 4. The van der Waals surface area contributed by atoms with Crippen LogP contribution in [0.2, 0.25) is 5.02 Å². The van der Waals surface area contributed by atoms with Gasteiger partial charge in [0.25, 0.3) is 0 Å². The van der Waals surface area contributed by atoms with Gasteiger partial charge in [0.2, 0.25) is 11.8 Å². The van der Waals surface area contributed by atoms with Gasteiger partial charge in [-0.25, -0.2) is 14.4 Å². The van der Waals surface area contributed by atoms with Gasteiger partial charge in [0.05, 0.1) is 21.9 Å². The number of nitrogens with one attached hydrogen (secondary N) is 1. The first-order chi connectivity index (χ1) is 19.3. The SMILES string of the molecule is CC(=O)c1nn2c3ccc(cc13)-c1cncnc1CCCc1cc(Cl)c(F)c(c1)NC(=O)[C@@H]1CCCN1C(=O)C2. The largest absolute Gasteiger partial charge is 0.329 e. The van der Waals surface area contributed by atoms with Gasteiger partial charge < -0.3 is 10.2 Å². The molecule has 0 unspecified atom stereocenters. The summed E-state index contributed by atoms with van der Waals surface area (Å²) in [6, 6.07) is 8.03. The second-order valence-electron chi connectivity index (χ2n) is 10.2. The minimum Gasteiger partial charge on any atom is -0.329 e. The Bertz CT molecular complexity index is 1690. The van der Waals surface area contributed by atoms with Gasteiger partial charge in [-0.2, -0.15) is 5.10 Å². The third-order valence-electron chi connectivity index (χ3n) is 7.58. The minimum atomic E-state index is -0.759. The van der Waals surface area contributed by atoms with E-state index < -0.39 is 17.8 Å². The van der Waals surface area contributed by atoms with Crippen LogP contribution in [0.1, 0.15) is 47.9 Å². The summed E-state index contributed by atoms with van der Waals surface area (Å²) in [5.41, 5.74) is 4.13. The van der Waals surface area contributed by atoms with Gasteiger partial charge in [-0.15, -0.1) is 0 Å². The number of carbonyl (C=O) groups excluding carboxylic acids is 3. The Hall–Kier alpha value is -4.18. The van der Waals surface area contributed by atoms with E-state index in [-0.39, 0.29) is 34.6 Å². The smallest absolute Gasteiger partial charge is 0.247 e. The van der Waals surface area contributed by atoms with E-state index in [1.807, 2.05) is 18.2 Å². The van der Waals surface area contributed by atoms with Crippen LogP contribution in [0.5, 0.6) is 0 Å². The van der Waals surface area contributed by atoms with E-state index in [4.69, 9.17) is 11.6 Å². The van der Waals surface area contributed by atoms with E-state index in [9.17, 15) is 18.8 Å². The average molecular weight is 561 g/mol. The van der Waals surface area contributed by atoms with E-state index in [0.717, 1.165) is 22.4 Å². The minimum absolute atomic E-state index is 0.00937. The highest BCUT2D eigenvalue weighted by Crippen LogP contribution is 2.31. The molecule has 2 aromatic heterocycles. The van der Waals surface area contributed by atoms with Crippen molar-refractivity contribution < 1.29 is 18.8 Å². The Kier molecular flexibility index (Phi) is 6.79. The van der Waals surface area contributed by atoms with Gasteiger partial charge in [0, 0.05) is 30.6 Å². The highest BCUT2D eigenvalue weighted by atomic mass is 35.5. The molecule has 204 valence electrons. The maximum atomic E-state index is 14.9. The topological polar surface area (TPSA) is 110 Å². The zero-order chi connectivity index (χ0) is 28.0. The zero-order valence-electron chi connectivity index (χ0n) is 21.8. The summed E-state index contributed by atoms with van der Waals surface area (Å²) >= 11 is 6.19. The first kappa shape index (κ1) is 26.1. The fourth-order valence-electron chi connectivity index (χ4n) is 5.64. The first-order valence-corrected chi connectivity index (χ1v) is 13.6. The molecular weight excluding hydrogens is 535 g/mol. The Morgan fingerprint density at radius 3 is 2.83 bits per heavy atom. The Morgan fingerprint density at radius 1 is 1.15 bits per heavy atom. The lowest BCUT2D eigenvalue weighted by molar-refractivity contribution is -0.137. The molecular formula is C29H26ClFN6O3. The summed E-state index contributed by atoms with van der Waals surface area (Å²) < 4.78 is 16.4. The lowest BCUT2D eigenvalue weighted by Gasteiger charge is -2.24. The maximum absolute atomic E-state index is 14.9. The summed E-state index contributed by atoms with van der Waals surface area (Å²) in [5.74, 6) is -1.72. The molecule has 40 heavy (non-hydrogen) atoms. The van der Waals surface area contributed by atoms with Gasteiger partial charge in [-0.3, -0.25) is 19.1 Å². The lowest BCUT2D eigenvalue weighted by Crippen LogP contribution is -2.44. The number of halogens is 2. The molecule has 7 rings (SSSR count). The van der Waals surface area contributed by atoms with Crippen molar-refractivity contribution in [3.63, 3.8) is 0 Å².